The number of hydrogen-bond donors (Lipinski definition) is 0. The largest absolute Gasteiger partial charge is 0.310 e. The summed E-state index contributed by atoms with van der Waals surface area (Å²) in [5.74, 6) is 3.41. The van der Waals surface area contributed by atoms with Gasteiger partial charge in [0.15, 0.2) is 0 Å². The Morgan fingerprint density at radius 2 is 0.983 bits per heavy atom. The van der Waals surface area contributed by atoms with Crippen molar-refractivity contribution >= 4 is 27.8 Å². The molecule has 0 unspecified atom stereocenters. The minimum Gasteiger partial charge on any atom is -0.310 e. The second-order valence-electron chi connectivity index (χ2n) is 20.4. The lowest BCUT2D eigenvalue weighted by Gasteiger charge is -2.61. The van der Waals surface area contributed by atoms with Crippen LogP contribution in [0.4, 0.5) is 17.1 Å². The monoisotopic (exact) mass is 765 g/mol. The van der Waals surface area contributed by atoms with E-state index in [0.717, 1.165) is 23.7 Å². The smallest absolute Gasteiger partial charge is 0.0502 e. The van der Waals surface area contributed by atoms with Crippen molar-refractivity contribution in [3.63, 3.8) is 0 Å². The van der Waals surface area contributed by atoms with Crippen LogP contribution in [-0.2, 0) is 16.2 Å². The van der Waals surface area contributed by atoms with Crippen LogP contribution in [0, 0.1) is 23.7 Å². The Morgan fingerprint density at radius 1 is 0.424 bits per heavy atom. The first-order valence-electron chi connectivity index (χ1n) is 22.6. The van der Waals surface area contributed by atoms with E-state index in [2.05, 4.69) is 184 Å². The maximum absolute atomic E-state index is 2.61. The van der Waals surface area contributed by atoms with E-state index in [1.807, 2.05) is 0 Å². The number of rotatable bonds is 5. The van der Waals surface area contributed by atoms with Crippen LogP contribution in [0.1, 0.15) is 94.9 Å². The summed E-state index contributed by atoms with van der Waals surface area (Å²) in [5, 5.41) is 2.56. The lowest BCUT2D eigenvalue weighted by Crippen LogP contribution is -2.55. The van der Waals surface area contributed by atoms with Crippen LogP contribution in [-0.4, -0.2) is 0 Å². The molecule has 0 radical (unpaired) electrons. The Labute approximate surface area is 351 Å². The van der Waals surface area contributed by atoms with Gasteiger partial charge in [-0.25, -0.2) is 0 Å². The molecule has 7 aromatic rings. The van der Waals surface area contributed by atoms with Crippen LogP contribution < -0.4 is 4.90 Å². The predicted molar refractivity (Wildman–Crippen MR) is 248 cm³/mol. The molecule has 4 saturated carbocycles. The molecule has 1 heteroatoms. The van der Waals surface area contributed by atoms with E-state index in [4.69, 9.17) is 0 Å². The fraction of sp³-hybridized carbons (Fsp3) is 0.310. The van der Waals surface area contributed by atoms with Crippen molar-refractivity contribution in [1.29, 1.82) is 0 Å². The molecule has 4 bridgehead atoms. The Morgan fingerprint density at radius 3 is 1.71 bits per heavy atom. The molecule has 292 valence electrons. The van der Waals surface area contributed by atoms with Gasteiger partial charge in [0.25, 0.3) is 0 Å². The predicted octanol–water partition coefficient (Wildman–Crippen LogP) is 15.7. The number of nitrogens with zero attached hydrogens (tertiary/aromatic N) is 1. The maximum Gasteiger partial charge on any atom is 0.0502 e. The van der Waals surface area contributed by atoms with Crippen LogP contribution in [0.3, 0.4) is 0 Å². The highest BCUT2D eigenvalue weighted by molar-refractivity contribution is 5.90. The number of fused-ring (bicyclic) bond motifs is 5. The van der Waals surface area contributed by atoms with Gasteiger partial charge in [0, 0.05) is 16.8 Å². The van der Waals surface area contributed by atoms with Crippen molar-refractivity contribution in [3.05, 3.63) is 174 Å². The normalized spacial score (nSPS) is 25.2. The average Bonchev–Trinajstić information content (AvgIpc) is 3.54. The summed E-state index contributed by atoms with van der Waals surface area (Å²) in [7, 11) is 0. The second kappa shape index (κ2) is 12.8. The third-order valence-electron chi connectivity index (χ3n) is 16.3. The van der Waals surface area contributed by atoms with Gasteiger partial charge in [-0.15, -0.1) is 0 Å². The molecule has 0 N–H and O–H groups in total. The molecule has 6 aliphatic rings. The first kappa shape index (κ1) is 35.5. The van der Waals surface area contributed by atoms with Crippen molar-refractivity contribution in [3.8, 4) is 33.4 Å². The number of benzene rings is 7. The van der Waals surface area contributed by atoms with Gasteiger partial charge in [0.2, 0.25) is 0 Å². The lowest BCUT2D eigenvalue weighted by molar-refractivity contribution is -0.0399. The highest BCUT2D eigenvalue weighted by atomic mass is 15.1. The summed E-state index contributed by atoms with van der Waals surface area (Å²) in [6.07, 6.45) is 9.50. The van der Waals surface area contributed by atoms with E-state index in [1.54, 1.807) is 11.1 Å². The van der Waals surface area contributed by atoms with Gasteiger partial charge in [-0.05, 0) is 182 Å². The number of hydrogen-bond acceptors (Lipinski definition) is 1. The molecular weight excluding hydrogens is 711 g/mol. The Bertz CT molecular complexity index is 2750. The summed E-state index contributed by atoms with van der Waals surface area (Å²) in [6, 6.07) is 58.3. The zero-order valence-electron chi connectivity index (χ0n) is 35.1. The first-order valence-corrected chi connectivity index (χ1v) is 22.6. The van der Waals surface area contributed by atoms with Crippen molar-refractivity contribution in [2.45, 2.75) is 88.9 Å². The Kier molecular flexibility index (Phi) is 7.71. The molecule has 4 fully saturated rings. The highest BCUT2D eigenvalue weighted by Gasteiger charge is 2.61. The molecule has 0 aliphatic heterocycles. The molecule has 0 aromatic heterocycles. The zero-order chi connectivity index (χ0) is 39.7. The van der Waals surface area contributed by atoms with Gasteiger partial charge in [-0.1, -0.05) is 143 Å². The molecule has 1 spiro atoms. The fourth-order valence-corrected chi connectivity index (χ4v) is 13.6. The summed E-state index contributed by atoms with van der Waals surface area (Å²) < 4.78 is 0. The third kappa shape index (κ3) is 5.29. The molecule has 1 nitrogen and oxygen atoms in total. The summed E-state index contributed by atoms with van der Waals surface area (Å²) in [5.41, 5.74) is 18.3. The topological polar surface area (TPSA) is 3.24 Å². The van der Waals surface area contributed by atoms with E-state index in [1.165, 1.54) is 117 Å². The van der Waals surface area contributed by atoms with Crippen molar-refractivity contribution in [2.24, 2.45) is 23.7 Å². The summed E-state index contributed by atoms with van der Waals surface area (Å²) >= 11 is 0. The van der Waals surface area contributed by atoms with Crippen LogP contribution in [0.5, 0.6) is 0 Å². The molecule has 6 aliphatic carbocycles. The summed E-state index contributed by atoms with van der Waals surface area (Å²) in [6.45, 7) is 9.85. The molecule has 0 heterocycles. The lowest BCUT2D eigenvalue weighted by atomic mass is 9.43. The van der Waals surface area contributed by atoms with E-state index in [-0.39, 0.29) is 16.2 Å². The van der Waals surface area contributed by atoms with Crippen LogP contribution in [0.2, 0.25) is 0 Å². The van der Waals surface area contributed by atoms with E-state index in [9.17, 15) is 0 Å². The SMILES string of the molecule is CC1(C)CCC(C)(C)c2c(N(c3ccc(-c4ccc(-c5ccc6ccccc6c5)cc4)cc3)c3ccc4c(c3)-c3ccccc3C43C4CC5CC(C4)CC3C5)cccc21. The molecule has 13 rings (SSSR count). The van der Waals surface area contributed by atoms with Crippen LogP contribution in [0.25, 0.3) is 44.2 Å². The molecule has 59 heavy (non-hydrogen) atoms. The maximum atomic E-state index is 2.61. The van der Waals surface area contributed by atoms with Crippen LogP contribution >= 0.6 is 0 Å². The van der Waals surface area contributed by atoms with Crippen molar-refractivity contribution in [1.82, 2.24) is 0 Å². The molecule has 7 aromatic carbocycles. The highest BCUT2D eigenvalue weighted by Crippen LogP contribution is 2.69. The van der Waals surface area contributed by atoms with Gasteiger partial charge in [0.05, 0.1) is 5.69 Å². The third-order valence-corrected chi connectivity index (χ3v) is 16.3. The van der Waals surface area contributed by atoms with E-state index in [0.29, 0.717) is 0 Å². The van der Waals surface area contributed by atoms with Gasteiger partial charge < -0.3 is 4.90 Å². The van der Waals surface area contributed by atoms with E-state index < -0.39 is 0 Å². The molecule has 0 atom stereocenters. The zero-order valence-corrected chi connectivity index (χ0v) is 35.1. The fourth-order valence-electron chi connectivity index (χ4n) is 13.6. The van der Waals surface area contributed by atoms with E-state index >= 15 is 0 Å². The second-order valence-corrected chi connectivity index (χ2v) is 20.4. The average molecular weight is 766 g/mol. The van der Waals surface area contributed by atoms with Gasteiger partial charge in [0.1, 0.15) is 0 Å². The molecular formula is C58H55N. The standard InChI is InChI=1S/C58H55N/c1-56(2)28-29-57(3,4)55-53(56)14-9-15-54(55)59(47-24-22-41(23-25-47)40-16-18-42(19-17-40)44-21-20-39-10-5-6-11-43(39)35-44)48-26-27-52-50(36-48)49-12-7-8-13-51(49)58(52)45-31-37-30-38(33-45)34-46(58)32-37/h5-27,35-38,45-46H,28-34H2,1-4H3. The quantitative estimate of drug-likeness (QED) is 0.169. The molecule has 0 saturated heterocycles. The van der Waals surface area contributed by atoms with Crippen molar-refractivity contribution in [2.75, 3.05) is 4.90 Å². The Balaban J connectivity index is 0.978. The Hall–Kier alpha value is -5.40. The van der Waals surface area contributed by atoms with Crippen molar-refractivity contribution < 1.29 is 0 Å². The van der Waals surface area contributed by atoms with Crippen LogP contribution in [0.15, 0.2) is 152 Å². The first-order chi connectivity index (χ1) is 28.7. The van der Waals surface area contributed by atoms with Gasteiger partial charge in [-0.2, -0.15) is 0 Å². The van der Waals surface area contributed by atoms with Gasteiger partial charge >= 0.3 is 0 Å². The minimum absolute atomic E-state index is 0.0557. The van der Waals surface area contributed by atoms with Gasteiger partial charge in [-0.3, -0.25) is 0 Å². The summed E-state index contributed by atoms with van der Waals surface area (Å²) in [4.78, 5) is 2.61. The minimum atomic E-state index is 0.0557. The number of anilines is 3. The molecule has 0 amide bonds.